The van der Waals surface area contributed by atoms with Crippen molar-refractivity contribution in [2.45, 2.75) is 38.0 Å². The predicted octanol–water partition coefficient (Wildman–Crippen LogP) is 6.66. The smallest absolute Gasteiger partial charge is 0.224 e. The average Bonchev–Trinajstić information content (AvgIpc) is 2.76. The van der Waals surface area contributed by atoms with Gasteiger partial charge in [0.05, 0.1) is 0 Å². The summed E-state index contributed by atoms with van der Waals surface area (Å²) in [5, 5.41) is 3.07. The van der Waals surface area contributed by atoms with Crippen LogP contribution in [0, 0.1) is 5.92 Å². The van der Waals surface area contributed by atoms with Gasteiger partial charge in [-0.25, -0.2) is 0 Å². The molecule has 1 aliphatic rings. The topological polar surface area (TPSA) is 29.1 Å². The highest BCUT2D eigenvalue weighted by Gasteiger charge is 2.24. The second-order valence-corrected chi connectivity index (χ2v) is 7.82. The molecule has 0 radical (unpaired) electrons. The minimum atomic E-state index is 0.135. The Balaban J connectivity index is 1.27. The number of carbonyl (C=O) groups is 1. The molecule has 0 heterocycles. The second-order valence-electron chi connectivity index (χ2n) is 7.82. The first-order chi connectivity index (χ1) is 13.8. The van der Waals surface area contributed by atoms with Gasteiger partial charge in [-0.15, -0.1) is 0 Å². The van der Waals surface area contributed by atoms with E-state index in [2.05, 4.69) is 59.9 Å². The molecule has 1 amide bonds. The molecule has 3 aromatic rings. The molecule has 0 atom stereocenters. The van der Waals surface area contributed by atoms with Gasteiger partial charge in [-0.3, -0.25) is 4.79 Å². The maximum absolute atomic E-state index is 12.5. The van der Waals surface area contributed by atoms with Gasteiger partial charge in [0, 0.05) is 12.1 Å². The van der Waals surface area contributed by atoms with Crippen LogP contribution in [0.25, 0.3) is 11.1 Å². The maximum atomic E-state index is 12.5. The van der Waals surface area contributed by atoms with Crippen LogP contribution in [0.3, 0.4) is 0 Å². The van der Waals surface area contributed by atoms with Crippen LogP contribution >= 0.6 is 0 Å². The number of rotatable bonds is 5. The van der Waals surface area contributed by atoms with Crippen LogP contribution in [0.15, 0.2) is 84.9 Å². The first-order valence-electron chi connectivity index (χ1n) is 10.3. The molecule has 0 unspecified atom stereocenters. The summed E-state index contributed by atoms with van der Waals surface area (Å²) in [6.45, 7) is 0. The molecular weight excluding hydrogens is 342 g/mol. The highest BCUT2D eigenvalue weighted by molar-refractivity contribution is 5.91. The van der Waals surface area contributed by atoms with Gasteiger partial charge < -0.3 is 5.32 Å². The van der Waals surface area contributed by atoms with E-state index in [4.69, 9.17) is 0 Å². The maximum Gasteiger partial charge on any atom is 0.224 e. The average molecular weight is 370 g/mol. The van der Waals surface area contributed by atoms with Crippen molar-refractivity contribution in [1.82, 2.24) is 0 Å². The van der Waals surface area contributed by atoms with Crippen LogP contribution in [0.1, 0.15) is 43.6 Å². The molecule has 142 valence electrons. The molecule has 0 saturated heterocycles. The number of nitrogens with one attached hydrogen (secondary N) is 1. The molecule has 0 aromatic heterocycles. The summed E-state index contributed by atoms with van der Waals surface area (Å²) in [5.41, 5.74) is 4.68. The first-order valence-corrected chi connectivity index (χ1v) is 10.3. The zero-order chi connectivity index (χ0) is 19.2. The number of hydrogen-bond donors (Lipinski definition) is 1. The minimum absolute atomic E-state index is 0.135. The number of hydrogen-bond acceptors (Lipinski definition) is 1. The predicted molar refractivity (Wildman–Crippen MR) is 116 cm³/mol. The molecule has 1 N–H and O–H groups in total. The highest BCUT2D eigenvalue weighted by atomic mass is 16.1. The summed E-state index contributed by atoms with van der Waals surface area (Å²) in [6, 6.07) is 29.2. The second kappa shape index (κ2) is 8.88. The molecule has 4 rings (SSSR count). The van der Waals surface area contributed by atoms with Crippen molar-refractivity contribution in [2.24, 2.45) is 5.92 Å². The van der Waals surface area contributed by atoms with Crippen LogP contribution < -0.4 is 5.32 Å². The summed E-state index contributed by atoms with van der Waals surface area (Å²) >= 11 is 0. The van der Waals surface area contributed by atoms with Gasteiger partial charge >= 0.3 is 0 Å². The van der Waals surface area contributed by atoms with Gasteiger partial charge in [-0.05, 0) is 66.3 Å². The lowest BCUT2D eigenvalue weighted by molar-refractivity contribution is -0.117. The van der Waals surface area contributed by atoms with Gasteiger partial charge in [-0.1, -0.05) is 72.8 Å². The summed E-state index contributed by atoms with van der Waals surface area (Å²) in [6.07, 6.45) is 5.28. The zero-order valence-electron chi connectivity index (χ0n) is 16.2. The monoisotopic (exact) mass is 369 g/mol. The third-order valence-electron chi connectivity index (χ3n) is 5.87. The van der Waals surface area contributed by atoms with E-state index in [9.17, 15) is 4.79 Å². The van der Waals surface area contributed by atoms with E-state index in [-0.39, 0.29) is 5.91 Å². The molecule has 3 aromatic carbocycles. The van der Waals surface area contributed by atoms with Crippen molar-refractivity contribution >= 4 is 11.6 Å². The molecule has 1 aliphatic carbocycles. The summed E-state index contributed by atoms with van der Waals surface area (Å²) in [4.78, 5) is 12.5. The van der Waals surface area contributed by atoms with E-state index in [0.717, 1.165) is 24.1 Å². The molecule has 0 spiro atoms. The minimum Gasteiger partial charge on any atom is -0.326 e. The molecule has 2 heteroatoms. The summed E-state index contributed by atoms with van der Waals surface area (Å²) in [7, 11) is 0. The molecule has 2 nitrogen and oxygen atoms in total. The SMILES string of the molecule is O=C(C[C@H]1CC[C@@H](c2ccccc2)CC1)Nc1ccc(-c2ccccc2)cc1. The number of amides is 1. The van der Waals surface area contributed by atoms with Gasteiger partial charge in [0.15, 0.2) is 0 Å². The lowest BCUT2D eigenvalue weighted by Crippen LogP contribution is -2.20. The van der Waals surface area contributed by atoms with Gasteiger partial charge in [-0.2, -0.15) is 0 Å². The Morgan fingerprint density at radius 2 is 1.29 bits per heavy atom. The van der Waals surface area contributed by atoms with Crippen LogP contribution in [0.4, 0.5) is 5.69 Å². The summed E-state index contributed by atoms with van der Waals surface area (Å²) in [5.74, 6) is 1.30. The highest BCUT2D eigenvalue weighted by Crippen LogP contribution is 2.37. The van der Waals surface area contributed by atoms with Crippen molar-refractivity contribution in [3.05, 3.63) is 90.5 Å². The number of anilines is 1. The standard InChI is InChI=1S/C26H27NO/c28-26(19-20-11-13-23(14-12-20)21-7-3-1-4-8-21)27-25-17-15-24(16-18-25)22-9-5-2-6-10-22/h1-10,15-18,20,23H,11-14,19H2,(H,27,28)/t20-,23+. The lowest BCUT2D eigenvalue weighted by Gasteiger charge is -2.28. The Hall–Kier alpha value is -2.87. The van der Waals surface area contributed by atoms with Crippen molar-refractivity contribution < 1.29 is 4.79 Å². The molecule has 28 heavy (non-hydrogen) atoms. The summed E-state index contributed by atoms with van der Waals surface area (Å²) < 4.78 is 0. The third-order valence-corrected chi connectivity index (χ3v) is 5.87. The Kier molecular flexibility index (Phi) is 5.86. The third kappa shape index (κ3) is 4.69. The van der Waals surface area contributed by atoms with Crippen LogP contribution in [-0.4, -0.2) is 5.91 Å². The number of benzene rings is 3. The van der Waals surface area contributed by atoms with Gasteiger partial charge in [0.2, 0.25) is 5.91 Å². The lowest BCUT2D eigenvalue weighted by atomic mass is 9.77. The van der Waals surface area contributed by atoms with Crippen LogP contribution in [0.5, 0.6) is 0 Å². The quantitative estimate of drug-likeness (QED) is 0.535. The van der Waals surface area contributed by atoms with Crippen LogP contribution in [-0.2, 0) is 4.79 Å². The van der Waals surface area contributed by atoms with Crippen molar-refractivity contribution in [1.29, 1.82) is 0 Å². The van der Waals surface area contributed by atoms with Crippen molar-refractivity contribution in [3.63, 3.8) is 0 Å². The van der Waals surface area contributed by atoms with Gasteiger partial charge in [0.25, 0.3) is 0 Å². The Morgan fingerprint density at radius 1 is 0.714 bits per heavy atom. The Labute approximate surface area is 167 Å². The molecule has 1 fully saturated rings. The Morgan fingerprint density at radius 3 is 1.93 bits per heavy atom. The van der Waals surface area contributed by atoms with Gasteiger partial charge in [0.1, 0.15) is 0 Å². The fraction of sp³-hybridized carbons (Fsp3) is 0.269. The molecular formula is C26H27NO. The van der Waals surface area contributed by atoms with Crippen molar-refractivity contribution in [3.8, 4) is 11.1 Å². The van der Waals surface area contributed by atoms with Crippen molar-refractivity contribution in [2.75, 3.05) is 5.32 Å². The van der Waals surface area contributed by atoms with E-state index in [1.165, 1.54) is 24.0 Å². The molecule has 1 saturated carbocycles. The molecule has 0 bridgehead atoms. The Bertz CT molecular complexity index is 879. The van der Waals surface area contributed by atoms with E-state index < -0.39 is 0 Å². The molecule has 0 aliphatic heterocycles. The van der Waals surface area contributed by atoms with E-state index in [1.807, 2.05) is 30.3 Å². The largest absolute Gasteiger partial charge is 0.326 e. The zero-order valence-corrected chi connectivity index (χ0v) is 16.2. The van der Waals surface area contributed by atoms with E-state index in [0.29, 0.717) is 18.3 Å². The van der Waals surface area contributed by atoms with Crippen LogP contribution in [0.2, 0.25) is 0 Å². The fourth-order valence-corrected chi connectivity index (χ4v) is 4.28. The number of carbonyl (C=O) groups excluding carboxylic acids is 1. The fourth-order valence-electron chi connectivity index (χ4n) is 4.28. The van der Waals surface area contributed by atoms with E-state index >= 15 is 0 Å². The normalized spacial score (nSPS) is 19.1. The van der Waals surface area contributed by atoms with E-state index in [1.54, 1.807) is 0 Å². The first kappa shape index (κ1) is 18.5.